The highest BCUT2D eigenvalue weighted by molar-refractivity contribution is 7.16. The van der Waals surface area contributed by atoms with Crippen LogP contribution in [0.2, 0.25) is 4.34 Å². The number of carbonyl (C=O) groups is 1. The minimum absolute atomic E-state index is 0.503. The number of allylic oxidation sites excluding steroid dienone is 1. The van der Waals surface area contributed by atoms with E-state index in [4.69, 9.17) is 16.4 Å². The second kappa shape index (κ2) is 7.18. The molecule has 3 heterocycles. The molecule has 0 amide bonds. The van der Waals surface area contributed by atoms with Gasteiger partial charge in [0.25, 0.3) is 0 Å². The first-order valence-corrected chi connectivity index (χ1v) is 8.34. The predicted octanol–water partition coefficient (Wildman–Crippen LogP) is 4.41. The van der Waals surface area contributed by atoms with Crippen molar-refractivity contribution in [2.45, 2.75) is 12.5 Å². The van der Waals surface area contributed by atoms with E-state index in [0.717, 1.165) is 17.4 Å². The Balaban J connectivity index is 0.000000328. The summed E-state index contributed by atoms with van der Waals surface area (Å²) in [5.41, 5.74) is 2.86. The van der Waals surface area contributed by atoms with Crippen molar-refractivity contribution in [3.63, 3.8) is 0 Å². The number of halogens is 1. The van der Waals surface area contributed by atoms with Gasteiger partial charge in [0.15, 0.2) is 0 Å². The fraction of sp³-hybridized carbons (Fsp3) is 0.267. The van der Waals surface area contributed by atoms with Crippen LogP contribution in [0.25, 0.3) is 0 Å². The van der Waals surface area contributed by atoms with Gasteiger partial charge in [-0.15, -0.1) is 11.3 Å². The number of rotatable bonds is 2. The third-order valence-corrected chi connectivity index (χ3v) is 5.10. The zero-order chi connectivity index (χ0) is 14.5. The minimum Gasteiger partial charge on any atom is -0.300 e. The highest BCUT2D eigenvalue weighted by Crippen LogP contribution is 2.39. The van der Waals surface area contributed by atoms with Crippen LogP contribution >= 0.6 is 34.3 Å². The number of aldehydes is 1. The highest BCUT2D eigenvalue weighted by Gasteiger charge is 2.26. The summed E-state index contributed by atoms with van der Waals surface area (Å²) in [5, 5.41) is 4.40. The van der Waals surface area contributed by atoms with Gasteiger partial charge < -0.3 is 4.90 Å². The molecule has 0 aromatic carbocycles. The van der Waals surface area contributed by atoms with Crippen LogP contribution in [0.15, 0.2) is 35.5 Å². The molecule has 1 aliphatic rings. The molecule has 106 valence electrons. The zero-order valence-electron chi connectivity index (χ0n) is 11.2. The Bertz CT molecular complexity index is 571. The molecule has 0 saturated heterocycles. The lowest BCUT2D eigenvalue weighted by Gasteiger charge is -2.29. The quantitative estimate of drug-likeness (QED) is 0.602. The topological polar surface area (TPSA) is 20.3 Å². The third kappa shape index (κ3) is 3.58. The van der Waals surface area contributed by atoms with Crippen molar-refractivity contribution in [1.82, 2.24) is 4.90 Å². The fourth-order valence-electron chi connectivity index (χ4n) is 2.31. The van der Waals surface area contributed by atoms with Crippen molar-refractivity contribution in [3.8, 4) is 0 Å². The summed E-state index contributed by atoms with van der Waals surface area (Å²) < 4.78 is 0.917. The highest BCUT2D eigenvalue weighted by atomic mass is 35.5. The van der Waals surface area contributed by atoms with Gasteiger partial charge in [-0.3, -0.25) is 4.79 Å². The van der Waals surface area contributed by atoms with E-state index in [9.17, 15) is 0 Å². The van der Waals surface area contributed by atoms with E-state index in [1.807, 2.05) is 0 Å². The number of hydrogen-bond donors (Lipinski definition) is 0. The molecule has 3 rings (SSSR count). The second-order valence-electron chi connectivity index (χ2n) is 4.61. The molecule has 1 unspecified atom stereocenters. The maximum absolute atomic E-state index is 9.06. The molecular weight excluding hydrogens is 310 g/mol. The van der Waals surface area contributed by atoms with Gasteiger partial charge in [0.05, 0.1) is 4.34 Å². The lowest BCUT2D eigenvalue weighted by Crippen LogP contribution is -2.29. The predicted molar refractivity (Wildman–Crippen MR) is 88.1 cm³/mol. The SMILES string of the molecule is C=CC=O.CN1Cc2sc(Cl)cc2C(c2ccsc2)C1. The molecule has 0 radical (unpaired) electrons. The van der Waals surface area contributed by atoms with Gasteiger partial charge in [-0.2, -0.15) is 11.3 Å². The number of nitrogens with zero attached hydrogens (tertiary/aromatic N) is 1. The molecule has 1 atom stereocenters. The maximum atomic E-state index is 9.06. The third-order valence-electron chi connectivity index (χ3n) is 3.14. The molecule has 2 nitrogen and oxygen atoms in total. The summed E-state index contributed by atoms with van der Waals surface area (Å²) in [7, 11) is 2.18. The summed E-state index contributed by atoms with van der Waals surface area (Å²) in [4.78, 5) is 12.9. The van der Waals surface area contributed by atoms with Crippen LogP contribution in [-0.4, -0.2) is 24.8 Å². The van der Waals surface area contributed by atoms with Crippen LogP contribution in [0.3, 0.4) is 0 Å². The number of carbonyl (C=O) groups excluding carboxylic acids is 1. The van der Waals surface area contributed by atoms with Gasteiger partial charge in [0.2, 0.25) is 0 Å². The maximum Gasteiger partial charge on any atom is 0.142 e. The van der Waals surface area contributed by atoms with Crippen LogP contribution in [0.1, 0.15) is 21.9 Å². The summed E-state index contributed by atoms with van der Waals surface area (Å²) in [6.07, 6.45) is 1.83. The Morgan fingerprint density at radius 1 is 1.55 bits per heavy atom. The first-order chi connectivity index (χ1) is 9.65. The number of likely N-dealkylation sites (N-methyl/N-ethyl adjacent to an activating group) is 1. The average Bonchev–Trinajstić information content (AvgIpc) is 3.06. The number of hydrogen-bond acceptors (Lipinski definition) is 4. The lowest BCUT2D eigenvalue weighted by atomic mass is 9.90. The van der Waals surface area contributed by atoms with Gasteiger partial charge in [0.1, 0.15) is 6.29 Å². The molecule has 5 heteroatoms. The summed E-state index contributed by atoms with van der Waals surface area (Å²) >= 11 is 9.62. The van der Waals surface area contributed by atoms with Gasteiger partial charge in [0, 0.05) is 23.9 Å². The van der Waals surface area contributed by atoms with E-state index < -0.39 is 0 Å². The number of fused-ring (bicyclic) bond motifs is 1. The van der Waals surface area contributed by atoms with Crippen molar-refractivity contribution >= 4 is 40.6 Å². The van der Waals surface area contributed by atoms with Crippen LogP contribution in [-0.2, 0) is 11.3 Å². The van der Waals surface area contributed by atoms with Crippen molar-refractivity contribution in [1.29, 1.82) is 0 Å². The Morgan fingerprint density at radius 2 is 2.30 bits per heavy atom. The average molecular weight is 326 g/mol. The first kappa shape index (κ1) is 15.4. The monoisotopic (exact) mass is 325 g/mol. The standard InChI is InChI=1S/C12H12ClNS2.C3H4O/c1-14-5-10(8-2-3-15-7-8)9-4-12(13)16-11(9)6-14;1-2-3-4/h2-4,7,10H,5-6H2,1H3;2-3H,1H2. The molecule has 0 bridgehead atoms. The Hall–Kier alpha value is -0.940. The Kier molecular flexibility index (Phi) is 5.54. The van der Waals surface area contributed by atoms with Gasteiger partial charge >= 0.3 is 0 Å². The molecule has 1 aliphatic heterocycles. The van der Waals surface area contributed by atoms with E-state index in [1.165, 1.54) is 22.1 Å². The van der Waals surface area contributed by atoms with Crippen LogP contribution in [0.4, 0.5) is 0 Å². The number of thiophene rings is 2. The largest absolute Gasteiger partial charge is 0.300 e. The minimum atomic E-state index is 0.503. The van der Waals surface area contributed by atoms with Crippen molar-refractivity contribution in [3.05, 3.63) is 55.9 Å². The van der Waals surface area contributed by atoms with E-state index in [1.54, 1.807) is 22.7 Å². The molecule has 0 N–H and O–H groups in total. The fourth-order valence-corrected chi connectivity index (χ4v) is 4.44. The van der Waals surface area contributed by atoms with Crippen LogP contribution < -0.4 is 0 Å². The van der Waals surface area contributed by atoms with Crippen molar-refractivity contribution in [2.75, 3.05) is 13.6 Å². The molecule has 0 fully saturated rings. The summed E-state index contributed by atoms with van der Waals surface area (Å²) in [5.74, 6) is 0.503. The molecule has 2 aromatic rings. The van der Waals surface area contributed by atoms with Gasteiger partial charge in [-0.25, -0.2) is 0 Å². The first-order valence-electron chi connectivity index (χ1n) is 6.20. The molecule has 2 aromatic heterocycles. The molecular formula is C15H16ClNOS2. The summed E-state index contributed by atoms with van der Waals surface area (Å²) in [6.45, 7) is 5.24. The van der Waals surface area contributed by atoms with E-state index in [0.29, 0.717) is 12.2 Å². The van der Waals surface area contributed by atoms with E-state index in [-0.39, 0.29) is 0 Å². The van der Waals surface area contributed by atoms with Gasteiger partial charge in [-0.1, -0.05) is 18.2 Å². The molecule has 20 heavy (non-hydrogen) atoms. The van der Waals surface area contributed by atoms with Crippen molar-refractivity contribution < 1.29 is 4.79 Å². The molecule has 0 spiro atoms. The van der Waals surface area contributed by atoms with Crippen LogP contribution in [0.5, 0.6) is 0 Å². The van der Waals surface area contributed by atoms with E-state index >= 15 is 0 Å². The molecule has 0 saturated carbocycles. The van der Waals surface area contributed by atoms with Gasteiger partial charge in [-0.05, 0) is 47.1 Å². The van der Waals surface area contributed by atoms with Crippen LogP contribution in [0, 0.1) is 0 Å². The second-order valence-corrected chi connectivity index (χ2v) is 7.15. The smallest absolute Gasteiger partial charge is 0.142 e. The normalized spacial score (nSPS) is 17.8. The Labute approximate surface area is 132 Å². The van der Waals surface area contributed by atoms with E-state index in [2.05, 4.69) is 41.4 Å². The Morgan fingerprint density at radius 3 is 2.90 bits per heavy atom. The molecule has 0 aliphatic carbocycles. The zero-order valence-corrected chi connectivity index (χ0v) is 13.6. The lowest BCUT2D eigenvalue weighted by molar-refractivity contribution is -0.104. The summed E-state index contributed by atoms with van der Waals surface area (Å²) in [6, 6.07) is 4.38. The van der Waals surface area contributed by atoms with Crippen molar-refractivity contribution in [2.24, 2.45) is 0 Å².